The van der Waals surface area contributed by atoms with E-state index in [1.54, 1.807) is 12.1 Å². The van der Waals surface area contributed by atoms with Crippen molar-refractivity contribution in [3.63, 3.8) is 0 Å². The lowest BCUT2D eigenvalue weighted by atomic mass is 10.1. The summed E-state index contributed by atoms with van der Waals surface area (Å²) in [4.78, 5) is 1.33. The Labute approximate surface area is 172 Å². The van der Waals surface area contributed by atoms with Crippen LogP contribution in [0.15, 0.2) is 47.4 Å². The molecule has 0 amide bonds. The van der Waals surface area contributed by atoms with Crippen molar-refractivity contribution >= 4 is 21.6 Å². The fraction of sp³-hybridized carbons (Fsp3) is 0.368. The van der Waals surface area contributed by atoms with E-state index in [0.29, 0.717) is 31.4 Å². The molecule has 0 aliphatic carbocycles. The third-order valence-electron chi connectivity index (χ3n) is 4.61. The van der Waals surface area contributed by atoms with Gasteiger partial charge in [-0.15, -0.1) is 0 Å². The summed E-state index contributed by atoms with van der Waals surface area (Å²) in [6.07, 6.45) is -4.84. The highest BCUT2D eigenvalue weighted by Crippen LogP contribution is 2.35. The number of alkyl halides is 3. The topological polar surface area (TPSA) is 58.6 Å². The van der Waals surface area contributed by atoms with Crippen LogP contribution in [-0.4, -0.2) is 39.6 Å². The van der Waals surface area contributed by atoms with Gasteiger partial charge in [-0.2, -0.15) is 13.2 Å². The largest absolute Gasteiger partial charge is 0.417 e. The first-order valence-electron chi connectivity index (χ1n) is 8.90. The maximum absolute atomic E-state index is 13.3. The molecule has 0 radical (unpaired) electrons. The number of sulfonamides is 1. The maximum Gasteiger partial charge on any atom is 0.417 e. The lowest BCUT2D eigenvalue weighted by molar-refractivity contribution is -0.139. The minimum atomic E-state index is -4.84. The number of hydrogen-bond acceptors (Lipinski definition) is 4. The third-order valence-corrected chi connectivity index (χ3v) is 6.30. The van der Waals surface area contributed by atoms with E-state index in [1.165, 1.54) is 0 Å². The first-order chi connectivity index (χ1) is 13.7. The number of hydrogen-bond donors (Lipinski definition) is 1. The molecule has 1 aliphatic heterocycles. The summed E-state index contributed by atoms with van der Waals surface area (Å²) in [5.74, 6) is 0. The second kappa shape index (κ2) is 9.01. The molecule has 1 aliphatic rings. The monoisotopic (exact) mass is 448 g/mol. The molecule has 3 rings (SSSR count). The van der Waals surface area contributed by atoms with Gasteiger partial charge in [0.15, 0.2) is 0 Å². The fourth-order valence-electron chi connectivity index (χ4n) is 3.09. The van der Waals surface area contributed by atoms with Crippen molar-refractivity contribution in [2.24, 2.45) is 0 Å². The molecule has 1 heterocycles. The van der Waals surface area contributed by atoms with Crippen molar-refractivity contribution in [3.05, 3.63) is 64.2 Å². The van der Waals surface area contributed by atoms with E-state index in [0.717, 1.165) is 30.8 Å². The molecule has 0 saturated carbocycles. The Kier molecular flexibility index (Phi) is 6.85. The van der Waals surface area contributed by atoms with Gasteiger partial charge < -0.3 is 4.74 Å². The van der Waals surface area contributed by atoms with Crippen LogP contribution >= 0.6 is 11.6 Å². The number of morpholine rings is 1. The van der Waals surface area contributed by atoms with Crippen molar-refractivity contribution in [1.29, 1.82) is 0 Å². The quantitative estimate of drug-likeness (QED) is 0.732. The predicted octanol–water partition coefficient (Wildman–Crippen LogP) is 3.67. The number of nitrogens with zero attached hydrogens (tertiary/aromatic N) is 1. The fourth-order valence-corrected chi connectivity index (χ4v) is 4.48. The van der Waals surface area contributed by atoms with Crippen LogP contribution in [0.5, 0.6) is 0 Å². The molecule has 29 heavy (non-hydrogen) atoms. The van der Waals surface area contributed by atoms with Crippen LogP contribution in [0.2, 0.25) is 5.02 Å². The molecule has 0 unspecified atom stereocenters. The summed E-state index contributed by atoms with van der Waals surface area (Å²) in [6.45, 7) is 3.27. The highest BCUT2D eigenvalue weighted by atomic mass is 35.5. The molecule has 1 N–H and O–H groups in total. The van der Waals surface area contributed by atoms with Gasteiger partial charge in [-0.1, -0.05) is 35.9 Å². The van der Waals surface area contributed by atoms with Gasteiger partial charge in [0.25, 0.3) is 0 Å². The molecule has 10 heteroatoms. The molecule has 158 valence electrons. The number of rotatable bonds is 6. The van der Waals surface area contributed by atoms with E-state index in [1.807, 2.05) is 12.1 Å². The van der Waals surface area contributed by atoms with Gasteiger partial charge in [-0.3, -0.25) is 4.90 Å². The first-order valence-corrected chi connectivity index (χ1v) is 10.8. The second-order valence-electron chi connectivity index (χ2n) is 6.62. The van der Waals surface area contributed by atoms with Crippen LogP contribution in [0.25, 0.3) is 0 Å². The van der Waals surface area contributed by atoms with Crippen molar-refractivity contribution < 1.29 is 26.3 Å². The maximum atomic E-state index is 13.3. The van der Waals surface area contributed by atoms with Crippen LogP contribution in [0.4, 0.5) is 13.2 Å². The van der Waals surface area contributed by atoms with Crippen LogP contribution in [0, 0.1) is 0 Å². The molecule has 0 bridgehead atoms. The summed E-state index contributed by atoms with van der Waals surface area (Å²) in [7, 11) is -4.40. The van der Waals surface area contributed by atoms with Gasteiger partial charge in [-0.05, 0) is 29.3 Å². The van der Waals surface area contributed by atoms with Crippen molar-refractivity contribution in [1.82, 2.24) is 9.62 Å². The van der Waals surface area contributed by atoms with E-state index >= 15 is 0 Å². The highest BCUT2D eigenvalue weighted by molar-refractivity contribution is 7.89. The molecule has 0 spiro atoms. The lowest BCUT2D eigenvalue weighted by Gasteiger charge is -2.27. The molecule has 5 nitrogen and oxygen atoms in total. The Bertz CT molecular complexity index is 961. The normalized spacial score (nSPS) is 16.1. The Balaban J connectivity index is 1.80. The highest BCUT2D eigenvalue weighted by Gasteiger charge is 2.37. The molecule has 0 aromatic heterocycles. The lowest BCUT2D eigenvalue weighted by Crippen LogP contribution is -2.36. The van der Waals surface area contributed by atoms with E-state index in [4.69, 9.17) is 16.3 Å². The van der Waals surface area contributed by atoms with Gasteiger partial charge in [0.05, 0.1) is 23.7 Å². The molecule has 1 saturated heterocycles. The zero-order valence-electron chi connectivity index (χ0n) is 15.4. The predicted molar refractivity (Wildman–Crippen MR) is 103 cm³/mol. The minimum absolute atomic E-state index is 0.122. The first kappa shape index (κ1) is 22.0. The molecule has 0 atom stereocenters. The Morgan fingerprint density at radius 3 is 2.38 bits per heavy atom. The van der Waals surface area contributed by atoms with E-state index in [-0.39, 0.29) is 11.6 Å². The van der Waals surface area contributed by atoms with E-state index in [9.17, 15) is 21.6 Å². The molecule has 2 aromatic rings. The summed E-state index contributed by atoms with van der Waals surface area (Å²) in [5, 5.41) is -0.188. The van der Waals surface area contributed by atoms with Crippen molar-refractivity contribution in [2.75, 3.05) is 26.3 Å². The summed E-state index contributed by atoms with van der Waals surface area (Å²) in [6, 6.07) is 9.84. The zero-order chi connectivity index (χ0) is 21.1. The second-order valence-corrected chi connectivity index (χ2v) is 8.79. The average Bonchev–Trinajstić information content (AvgIpc) is 2.67. The summed E-state index contributed by atoms with van der Waals surface area (Å²) in [5.41, 5.74) is 0.313. The molecule has 1 fully saturated rings. The Morgan fingerprint density at radius 1 is 1.07 bits per heavy atom. The molecular formula is C19H20ClF3N2O3S. The third kappa shape index (κ3) is 5.70. The van der Waals surface area contributed by atoms with Gasteiger partial charge in [0, 0.05) is 31.2 Å². The molecular weight excluding hydrogens is 429 g/mol. The van der Waals surface area contributed by atoms with Crippen LogP contribution < -0.4 is 4.72 Å². The number of nitrogens with one attached hydrogen (secondary N) is 1. The van der Waals surface area contributed by atoms with Gasteiger partial charge in [0.1, 0.15) is 0 Å². The smallest absolute Gasteiger partial charge is 0.379 e. The van der Waals surface area contributed by atoms with Gasteiger partial charge >= 0.3 is 6.18 Å². The average molecular weight is 449 g/mol. The molecule has 2 aromatic carbocycles. The minimum Gasteiger partial charge on any atom is -0.379 e. The Hall–Kier alpha value is -1.65. The van der Waals surface area contributed by atoms with E-state index < -0.39 is 26.7 Å². The van der Waals surface area contributed by atoms with Gasteiger partial charge in [0.2, 0.25) is 10.0 Å². The number of ether oxygens (including phenoxy) is 1. The number of benzene rings is 2. The van der Waals surface area contributed by atoms with Crippen LogP contribution in [0.3, 0.4) is 0 Å². The van der Waals surface area contributed by atoms with Gasteiger partial charge in [-0.25, -0.2) is 13.1 Å². The SMILES string of the molecule is O=S(=O)(NCc1ccccc1CN1CCOCC1)c1ccc(Cl)cc1C(F)(F)F. The van der Waals surface area contributed by atoms with Crippen molar-refractivity contribution in [2.45, 2.75) is 24.2 Å². The van der Waals surface area contributed by atoms with Crippen LogP contribution in [-0.2, 0) is 34.0 Å². The van der Waals surface area contributed by atoms with Crippen molar-refractivity contribution in [3.8, 4) is 0 Å². The van der Waals surface area contributed by atoms with Crippen LogP contribution in [0.1, 0.15) is 16.7 Å². The zero-order valence-corrected chi connectivity index (χ0v) is 16.9. The summed E-state index contributed by atoms with van der Waals surface area (Å²) < 4.78 is 72.7. The Morgan fingerprint density at radius 2 is 1.72 bits per heavy atom. The number of halogens is 4. The summed E-state index contributed by atoms with van der Waals surface area (Å²) >= 11 is 5.63. The standard InChI is InChI=1S/C19H20ClF3N2O3S/c20-16-5-6-18(17(11-16)19(21,22)23)29(26,27)24-12-14-3-1-2-4-15(14)13-25-7-9-28-10-8-25/h1-6,11,24H,7-10,12-13H2. The van der Waals surface area contributed by atoms with E-state index in [2.05, 4.69) is 9.62 Å².